The van der Waals surface area contributed by atoms with Crippen molar-refractivity contribution >= 4 is 17.3 Å². The Kier molecular flexibility index (Phi) is 3.98. The first-order valence-electron chi connectivity index (χ1n) is 5.57. The van der Waals surface area contributed by atoms with Crippen LogP contribution < -0.4 is 0 Å². The summed E-state index contributed by atoms with van der Waals surface area (Å²) in [5.41, 5.74) is 2.43. The van der Waals surface area contributed by atoms with Crippen LogP contribution in [0.25, 0.3) is 11.5 Å². The van der Waals surface area contributed by atoms with Crippen LogP contribution in [0.4, 0.5) is 0 Å². The van der Waals surface area contributed by atoms with Gasteiger partial charge in [-0.1, -0.05) is 13.3 Å². The minimum Gasteiger partial charge on any atom is -0.481 e. The summed E-state index contributed by atoms with van der Waals surface area (Å²) in [6, 6.07) is 0. The zero-order valence-electron chi connectivity index (χ0n) is 9.85. The van der Waals surface area contributed by atoms with E-state index in [4.69, 9.17) is 5.11 Å². The molecule has 0 aliphatic carbocycles. The second-order valence-electron chi connectivity index (χ2n) is 3.93. The van der Waals surface area contributed by atoms with Crippen molar-refractivity contribution in [3.8, 4) is 11.5 Å². The molecular weight excluding hydrogens is 254 g/mol. The van der Waals surface area contributed by atoms with Crippen LogP contribution in [0.1, 0.15) is 19.8 Å². The Labute approximate surface area is 107 Å². The minimum absolute atomic E-state index is 0.0170. The van der Waals surface area contributed by atoms with E-state index in [0.29, 0.717) is 12.4 Å². The number of aromatic nitrogens is 5. The van der Waals surface area contributed by atoms with Gasteiger partial charge in [0.2, 0.25) is 5.82 Å². The highest BCUT2D eigenvalue weighted by molar-refractivity contribution is 7.07. The van der Waals surface area contributed by atoms with Crippen LogP contribution in [0.3, 0.4) is 0 Å². The minimum atomic E-state index is -0.801. The number of thiazole rings is 1. The molecule has 0 bridgehead atoms. The summed E-state index contributed by atoms with van der Waals surface area (Å²) >= 11 is 1.47. The summed E-state index contributed by atoms with van der Waals surface area (Å²) in [5, 5.41) is 22.1. The molecule has 2 aromatic rings. The fourth-order valence-electron chi connectivity index (χ4n) is 1.66. The fraction of sp³-hybridized carbons (Fsp3) is 0.500. The molecule has 2 rings (SSSR count). The molecule has 0 aliphatic heterocycles. The predicted octanol–water partition coefficient (Wildman–Crippen LogP) is 1.30. The van der Waals surface area contributed by atoms with Crippen molar-refractivity contribution in [2.24, 2.45) is 5.92 Å². The molecule has 2 aromatic heterocycles. The van der Waals surface area contributed by atoms with Crippen LogP contribution in [0.5, 0.6) is 0 Å². The number of carboxylic acids is 1. The zero-order valence-corrected chi connectivity index (χ0v) is 10.7. The molecule has 7 nitrogen and oxygen atoms in total. The normalized spacial score (nSPS) is 12.5. The third kappa shape index (κ3) is 2.89. The Morgan fingerprint density at radius 3 is 3.06 bits per heavy atom. The van der Waals surface area contributed by atoms with Crippen molar-refractivity contribution < 1.29 is 9.90 Å². The van der Waals surface area contributed by atoms with E-state index in [1.807, 2.05) is 12.3 Å². The van der Waals surface area contributed by atoms with E-state index < -0.39 is 5.97 Å². The third-order valence-electron chi connectivity index (χ3n) is 2.67. The van der Waals surface area contributed by atoms with Crippen LogP contribution in [0, 0.1) is 5.92 Å². The first-order valence-corrected chi connectivity index (χ1v) is 6.51. The molecule has 8 heteroatoms. The molecule has 2 heterocycles. The quantitative estimate of drug-likeness (QED) is 0.847. The predicted molar refractivity (Wildman–Crippen MR) is 65.0 cm³/mol. The first-order chi connectivity index (χ1) is 8.70. The molecule has 0 saturated carbocycles. The van der Waals surface area contributed by atoms with Crippen molar-refractivity contribution in [3.05, 3.63) is 10.9 Å². The largest absolute Gasteiger partial charge is 0.481 e. The smallest absolute Gasteiger partial charge is 0.303 e. The van der Waals surface area contributed by atoms with Crippen molar-refractivity contribution in [1.82, 2.24) is 25.2 Å². The van der Waals surface area contributed by atoms with Gasteiger partial charge in [-0.05, 0) is 16.3 Å². The standard InChI is InChI=1S/C10H13N5O2S/c1-2-7(3-9(16)17)4-15-10(12-13-14-15)8-5-18-6-11-8/h5-7H,2-4H2,1H3,(H,16,17). The average molecular weight is 267 g/mol. The van der Waals surface area contributed by atoms with Gasteiger partial charge >= 0.3 is 5.97 Å². The van der Waals surface area contributed by atoms with Crippen molar-refractivity contribution in [1.29, 1.82) is 0 Å². The van der Waals surface area contributed by atoms with Gasteiger partial charge in [-0.25, -0.2) is 9.67 Å². The molecule has 0 spiro atoms. The van der Waals surface area contributed by atoms with Crippen LogP contribution >= 0.6 is 11.3 Å². The van der Waals surface area contributed by atoms with Gasteiger partial charge in [0, 0.05) is 18.3 Å². The second kappa shape index (κ2) is 5.67. The Morgan fingerprint density at radius 2 is 2.44 bits per heavy atom. The lowest BCUT2D eigenvalue weighted by Gasteiger charge is -2.12. The van der Waals surface area contributed by atoms with Gasteiger partial charge in [-0.3, -0.25) is 4.79 Å². The van der Waals surface area contributed by atoms with Crippen molar-refractivity contribution in [2.45, 2.75) is 26.3 Å². The Bertz CT molecular complexity index is 510. The second-order valence-corrected chi connectivity index (χ2v) is 4.65. The number of hydrogen-bond acceptors (Lipinski definition) is 6. The Balaban J connectivity index is 2.14. The maximum Gasteiger partial charge on any atom is 0.303 e. The molecule has 1 unspecified atom stereocenters. The summed E-state index contributed by atoms with van der Waals surface area (Å²) < 4.78 is 1.62. The number of hydrogen-bond donors (Lipinski definition) is 1. The summed E-state index contributed by atoms with van der Waals surface area (Å²) in [6.07, 6.45) is 0.884. The van der Waals surface area contributed by atoms with Gasteiger partial charge in [-0.2, -0.15) is 0 Å². The molecule has 0 fully saturated rings. The van der Waals surface area contributed by atoms with Gasteiger partial charge < -0.3 is 5.11 Å². The number of tetrazole rings is 1. The molecule has 0 aromatic carbocycles. The van der Waals surface area contributed by atoms with E-state index in [-0.39, 0.29) is 12.3 Å². The number of carboxylic acid groups (broad SMARTS) is 1. The van der Waals surface area contributed by atoms with Crippen molar-refractivity contribution in [2.75, 3.05) is 0 Å². The summed E-state index contributed by atoms with van der Waals surface area (Å²) in [5.74, 6) is -0.200. The van der Waals surface area contributed by atoms with E-state index in [1.165, 1.54) is 11.3 Å². The molecule has 0 aliphatic rings. The van der Waals surface area contributed by atoms with Crippen LogP contribution in [0.15, 0.2) is 10.9 Å². The number of aliphatic carboxylic acids is 1. The summed E-state index contributed by atoms with van der Waals surface area (Å²) in [4.78, 5) is 14.9. The monoisotopic (exact) mass is 267 g/mol. The van der Waals surface area contributed by atoms with E-state index >= 15 is 0 Å². The van der Waals surface area contributed by atoms with Gasteiger partial charge in [0.1, 0.15) is 5.69 Å². The van der Waals surface area contributed by atoms with E-state index in [0.717, 1.165) is 12.1 Å². The van der Waals surface area contributed by atoms with Crippen molar-refractivity contribution in [3.63, 3.8) is 0 Å². The van der Waals surface area contributed by atoms with Crippen LogP contribution in [-0.2, 0) is 11.3 Å². The average Bonchev–Trinajstić information content (AvgIpc) is 2.96. The lowest BCUT2D eigenvalue weighted by Crippen LogP contribution is -2.16. The maximum absolute atomic E-state index is 10.7. The number of nitrogens with zero attached hydrogens (tertiary/aromatic N) is 5. The Hall–Kier alpha value is -1.83. The van der Waals surface area contributed by atoms with Gasteiger partial charge in [0.05, 0.1) is 5.51 Å². The molecule has 0 radical (unpaired) electrons. The number of rotatable bonds is 6. The molecular formula is C10H13N5O2S. The lowest BCUT2D eigenvalue weighted by atomic mass is 10.0. The van der Waals surface area contributed by atoms with E-state index in [9.17, 15) is 4.79 Å². The lowest BCUT2D eigenvalue weighted by molar-refractivity contribution is -0.138. The molecule has 0 saturated heterocycles. The summed E-state index contributed by atoms with van der Waals surface area (Å²) in [7, 11) is 0. The van der Waals surface area contributed by atoms with Crippen LogP contribution in [-0.4, -0.2) is 36.3 Å². The fourth-order valence-corrected chi connectivity index (χ4v) is 2.19. The van der Waals surface area contributed by atoms with Gasteiger partial charge in [-0.15, -0.1) is 16.4 Å². The third-order valence-corrected chi connectivity index (χ3v) is 3.25. The van der Waals surface area contributed by atoms with E-state index in [2.05, 4.69) is 20.5 Å². The topological polar surface area (TPSA) is 93.8 Å². The van der Waals surface area contributed by atoms with Crippen LogP contribution in [0.2, 0.25) is 0 Å². The van der Waals surface area contributed by atoms with Gasteiger partial charge in [0.25, 0.3) is 0 Å². The first kappa shape index (κ1) is 12.6. The van der Waals surface area contributed by atoms with E-state index in [1.54, 1.807) is 10.2 Å². The number of carbonyl (C=O) groups is 1. The molecule has 0 amide bonds. The van der Waals surface area contributed by atoms with Gasteiger partial charge in [0.15, 0.2) is 0 Å². The zero-order chi connectivity index (χ0) is 13.0. The molecule has 96 valence electrons. The SMILES string of the molecule is CCC(CC(=O)O)Cn1nnnc1-c1cscn1. The molecule has 1 N–H and O–H groups in total. The Morgan fingerprint density at radius 1 is 1.61 bits per heavy atom. The summed E-state index contributed by atoms with van der Waals surface area (Å²) in [6.45, 7) is 2.45. The molecule has 18 heavy (non-hydrogen) atoms. The highest BCUT2D eigenvalue weighted by atomic mass is 32.1. The maximum atomic E-state index is 10.7. The molecule has 1 atom stereocenters. The highest BCUT2D eigenvalue weighted by Gasteiger charge is 2.17. The highest BCUT2D eigenvalue weighted by Crippen LogP contribution is 2.18.